The van der Waals surface area contributed by atoms with Crippen molar-refractivity contribution in [1.29, 1.82) is 0 Å². The number of anilines is 2. The Hall–Kier alpha value is -2.29. The molecule has 0 spiro atoms. The van der Waals surface area contributed by atoms with Gasteiger partial charge >= 0.3 is 0 Å². The fraction of sp³-hybridized carbons (Fsp3) is 0.278. The Balaban J connectivity index is 1.72. The number of fused-ring (bicyclic) bond motifs is 1. The van der Waals surface area contributed by atoms with Crippen molar-refractivity contribution in [3.8, 4) is 0 Å². The van der Waals surface area contributed by atoms with Crippen LogP contribution in [0.25, 0.3) is 0 Å². The highest BCUT2D eigenvalue weighted by molar-refractivity contribution is 6.00. The van der Waals surface area contributed by atoms with Gasteiger partial charge in [-0.2, -0.15) is 0 Å². The Kier molecular flexibility index (Phi) is 3.65. The van der Waals surface area contributed by atoms with E-state index in [2.05, 4.69) is 18.3 Å². The number of carbonyl (C=O) groups is 1. The van der Waals surface area contributed by atoms with E-state index in [9.17, 15) is 4.79 Å². The van der Waals surface area contributed by atoms with Crippen LogP contribution in [0.4, 0.5) is 11.4 Å². The van der Waals surface area contributed by atoms with E-state index in [1.807, 2.05) is 54.3 Å². The second kappa shape index (κ2) is 5.60. The molecule has 0 radical (unpaired) electrons. The molecule has 108 valence electrons. The first-order valence-corrected chi connectivity index (χ1v) is 7.37. The first kappa shape index (κ1) is 13.7. The van der Waals surface area contributed by atoms with Crippen LogP contribution in [0.1, 0.15) is 18.1 Å². The average Bonchev–Trinajstić information content (AvgIpc) is 2.92. The van der Waals surface area contributed by atoms with Crippen molar-refractivity contribution in [1.82, 2.24) is 0 Å². The van der Waals surface area contributed by atoms with Crippen molar-refractivity contribution in [2.45, 2.75) is 26.3 Å². The summed E-state index contributed by atoms with van der Waals surface area (Å²) < 4.78 is 0. The largest absolute Gasteiger partial charge is 0.374 e. The number of hydrogen-bond acceptors (Lipinski definition) is 2. The van der Waals surface area contributed by atoms with Gasteiger partial charge in [0.05, 0.1) is 0 Å². The lowest BCUT2D eigenvalue weighted by Crippen LogP contribution is -2.40. The fourth-order valence-corrected chi connectivity index (χ4v) is 2.76. The van der Waals surface area contributed by atoms with Gasteiger partial charge in [0.1, 0.15) is 6.04 Å². The topological polar surface area (TPSA) is 32.3 Å². The quantitative estimate of drug-likeness (QED) is 0.934. The molecule has 0 bridgehead atoms. The molecule has 3 rings (SSSR count). The molecule has 1 amide bonds. The summed E-state index contributed by atoms with van der Waals surface area (Å²) in [6.07, 6.45) is 0.944. The highest BCUT2D eigenvalue weighted by Crippen LogP contribution is 2.28. The summed E-state index contributed by atoms with van der Waals surface area (Å²) >= 11 is 0. The average molecular weight is 280 g/mol. The van der Waals surface area contributed by atoms with E-state index in [1.165, 1.54) is 11.1 Å². The minimum atomic E-state index is -0.237. The van der Waals surface area contributed by atoms with Gasteiger partial charge in [-0.3, -0.25) is 4.79 Å². The van der Waals surface area contributed by atoms with Crippen molar-refractivity contribution in [3.63, 3.8) is 0 Å². The third kappa shape index (κ3) is 2.77. The number of carbonyl (C=O) groups excluding carboxylic acids is 1. The molecule has 2 aromatic carbocycles. The summed E-state index contributed by atoms with van der Waals surface area (Å²) in [6.45, 7) is 4.75. The molecule has 0 unspecified atom stereocenters. The molecule has 1 aliphatic rings. The second-order valence-corrected chi connectivity index (χ2v) is 5.60. The molecule has 0 fully saturated rings. The van der Waals surface area contributed by atoms with E-state index in [1.54, 1.807) is 0 Å². The zero-order valence-electron chi connectivity index (χ0n) is 12.5. The van der Waals surface area contributed by atoms with E-state index < -0.39 is 0 Å². The molecular formula is C18H20N2O. The van der Waals surface area contributed by atoms with Crippen LogP contribution in [0.5, 0.6) is 0 Å². The van der Waals surface area contributed by atoms with Crippen LogP contribution < -0.4 is 10.2 Å². The second-order valence-electron chi connectivity index (χ2n) is 5.60. The minimum Gasteiger partial charge on any atom is -0.374 e. The molecule has 21 heavy (non-hydrogen) atoms. The molecule has 2 aromatic rings. The van der Waals surface area contributed by atoms with Crippen LogP contribution in [0.15, 0.2) is 48.5 Å². The Morgan fingerprint density at radius 2 is 1.86 bits per heavy atom. The lowest BCUT2D eigenvalue weighted by molar-refractivity contribution is -0.118. The molecule has 0 saturated heterocycles. The van der Waals surface area contributed by atoms with Gasteiger partial charge in [-0.1, -0.05) is 35.9 Å². The maximum absolute atomic E-state index is 12.6. The highest BCUT2D eigenvalue weighted by atomic mass is 16.2. The zero-order chi connectivity index (χ0) is 14.8. The SMILES string of the molecule is Cc1ccc(N[C@@H](C)C(=O)N2CCc3ccccc32)cc1. The number of aryl methyl sites for hydroxylation is 1. The summed E-state index contributed by atoms with van der Waals surface area (Å²) in [4.78, 5) is 14.5. The van der Waals surface area contributed by atoms with Gasteiger partial charge < -0.3 is 10.2 Å². The first-order chi connectivity index (χ1) is 10.1. The molecule has 1 aliphatic heterocycles. The molecule has 3 heteroatoms. The van der Waals surface area contributed by atoms with Crippen molar-refractivity contribution in [2.75, 3.05) is 16.8 Å². The maximum Gasteiger partial charge on any atom is 0.249 e. The van der Waals surface area contributed by atoms with Gasteiger partial charge in [-0.15, -0.1) is 0 Å². The molecule has 1 heterocycles. The number of amides is 1. The number of hydrogen-bond donors (Lipinski definition) is 1. The third-order valence-electron chi connectivity index (χ3n) is 3.96. The standard InChI is InChI=1S/C18H20N2O/c1-13-7-9-16(10-8-13)19-14(2)18(21)20-12-11-15-5-3-4-6-17(15)20/h3-10,14,19H,11-12H2,1-2H3/t14-/m0/s1. The van der Waals surface area contributed by atoms with Crippen molar-refractivity contribution in [2.24, 2.45) is 0 Å². The van der Waals surface area contributed by atoms with E-state index in [4.69, 9.17) is 0 Å². The summed E-state index contributed by atoms with van der Waals surface area (Å²) in [6, 6.07) is 16.0. The molecule has 0 aromatic heterocycles. The monoisotopic (exact) mass is 280 g/mol. The lowest BCUT2D eigenvalue weighted by atomic mass is 10.2. The van der Waals surface area contributed by atoms with Gasteiger partial charge in [-0.25, -0.2) is 0 Å². The van der Waals surface area contributed by atoms with Gasteiger partial charge in [-0.05, 0) is 44.0 Å². The third-order valence-corrected chi connectivity index (χ3v) is 3.96. The molecule has 1 atom stereocenters. The Morgan fingerprint density at radius 3 is 2.62 bits per heavy atom. The Bertz CT molecular complexity index is 649. The summed E-state index contributed by atoms with van der Waals surface area (Å²) in [5.41, 5.74) is 4.51. The number of benzene rings is 2. The van der Waals surface area contributed by atoms with Crippen LogP contribution in [0.3, 0.4) is 0 Å². The van der Waals surface area contributed by atoms with Crippen LogP contribution in [-0.2, 0) is 11.2 Å². The van der Waals surface area contributed by atoms with Crippen LogP contribution in [-0.4, -0.2) is 18.5 Å². The number of para-hydroxylation sites is 1. The molecule has 1 N–H and O–H groups in total. The Labute approximate surface area is 125 Å². The van der Waals surface area contributed by atoms with Crippen LogP contribution >= 0.6 is 0 Å². The first-order valence-electron chi connectivity index (χ1n) is 7.37. The normalized spacial score (nSPS) is 14.7. The number of nitrogens with one attached hydrogen (secondary N) is 1. The minimum absolute atomic E-state index is 0.125. The van der Waals surface area contributed by atoms with Gasteiger partial charge in [0.2, 0.25) is 5.91 Å². The summed E-state index contributed by atoms with van der Waals surface area (Å²) in [5, 5.41) is 3.29. The molecule has 0 saturated carbocycles. The predicted molar refractivity (Wildman–Crippen MR) is 86.8 cm³/mol. The summed E-state index contributed by atoms with van der Waals surface area (Å²) in [5.74, 6) is 0.125. The van der Waals surface area contributed by atoms with Gasteiger partial charge in [0.25, 0.3) is 0 Å². The van der Waals surface area contributed by atoms with Gasteiger partial charge in [0.15, 0.2) is 0 Å². The van der Waals surface area contributed by atoms with E-state index >= 15 is 0 Å². The molecule has 3 nitrogen and oxygen atoms in total. The van der Waals surface area contributed by atoms with Crippen molar-refractivity contribution in [3.05, 3.63) is 59.7 Å². The van der Waals surface area contributed by atoms with Crippen molar-refractivity contribution >= 4 is 17.3 Å². The molecular weight excluding hydrogens is 260 g/mol. The van der Waals surface area contributed by atoms with E-state index in [-0.39, 0.29) is 11.9 Å². The lowest BCUT2D eigenvalue weighted by Gasteiger charge is -2.23. The smallest absolute Gasteiger partial charge is 0.249 e. The highest BCUT2D eigenvalue weighted by Gasteiger charge is 2.27. The zero-order valence-corrected chi connectivity index (χ0v) is 12.5. The predicted octanol–water partition coefficient (Wildman–Crippen LogP) is 3.38. The van der Waals surface area contributed by atoms with E-state index in [0.29, 0.717) is 0 Å². The number of nitrogens with zero attached hydrogens (tertiary/aromatic N) is 1. The summed E-state index contributed by atoms with van der Waals surface area (Å²) in [7, 11) is 0. The Morgan fingerprint density at radius 1 is 1.14 bits per heavy atom. The fourth-order valence-electron chi connectivity index (χ4n) is 2.76. The van der Waals surface area contributed by atoms with Crippen LogP contribution in [0.2, 0.25) is 0 Å². The van der Waals surface area contributed by atoms with E-state index in [0.717, 1.165) is 24.3 Å². The van der Waals surface area contributed by atoms with Crippen LogP contribution in [0, 0.1) is 6.92 Å². The maximum atomic E-state index is 12.6. The van der Waals surface area contributed by atoms with Gasteiger partial charge in [0, 0.05) is 17.9 Å². The van der Waals surface area contributed by atoms with Crippen molar-refractivity contribution < 1.29 is 4.79 Å². The molecule has 0 aliphatic carbocycles. The number of rotatable bonds is 3.